The fourth-order valence-corrected chi connectivity index (χ4v) is 3.24. The first-order valence-electron chi connectivity index (χ1n) is 5.39. The molecular weight excluding hydrogens is 234 g/mol. The maximum atomic E-state index is 12.3. The zero-order valence-electron chi connectivity index (χ0n) is 10.1. The van der Waals surface area contributed by atoms with Crippen LogP contribution in [0.25, 0.3) is 0 Å². The molecule has 17 heavy (non-hydrogen) atoms. The zero-order chi connectivity index (χ0) is 12.6. The first-order chi connectivity index (χ1) is 7.91. The van der Waals surface area contributed by atoms with Crippen molar-refractivity contribution >= 4 is 10.0 Å². The maximum Gasteiger partial charge on any atom is 0.267 e. The van der Waals surface area contributed by atoms with Crippen LogP contribution in [0.15, 0.2) is 41.4 Å². The third-order valence-corrected chi connectivity index (χ3v) is 4.46. The van der Waals surface area contributed by atoms with Crippen LogP contribution in [0.2, 0.25) is 0 Å². The molecule has 1 aromatic heterocycles. The van der Waals surface area contributed by atoms with Crippen LogP contribution in [0.5, 0.6) is 0 Å². The minimum atomic E-state index is -3.45. The summed E-state index contributed by atoms with van der Waals surface area (Å²) in [5, 5.41) is 0. The van der Waals surface area contributed by atoms with E-state index in [0.717, 1.165) is 16.8 Å². The molecule has 1 heterocycles. The van der Waals surface area contributed by atoms with Crippen molar-refractivity contribution in [3.8, 4) is 0 Å². The summed E-state index contributed by atoms with van der Waals surface area (Å²) in [6.07, 6.45) is 1.64. The molecule has 0 N–H and O–H groups in total. The molecule has 3 nitrogen and oxygen atoms in total. The van der Waals surface area contributed by atoms with E-state index in [2.05, 4.69) is 0 Å². The monoisotopic (exact) mass is 249 g/mol. The zero-order valence-corrected chi connectivity index (χ0v) is 11.0. The number of benzene rings is 1. The molecule has 0 fully saturated rings. The van der Waals surface area contributed by atoms with E-state index in [-0.39, 0.29) is 0 Å². The highest BCUT2D eigenvalue weighted by atomic mass is 32.2. The molecule has 0 amide bonds. The molecule has 1 aromatic carbocycles. The van der Waals surface area contributed by atoms with Gasteiger partial charge in [0.15, 0.2) is 0 Å². The average Bonchev–Trinajstić information content (AvgIpc) is 2.59. The Balaban J connectivity index is 2.57. The Kier molecular flexibility index (Phi) is 2.83. The molecule has 90 valence electrons. The van der Waals surface area contributed by atoms with Gasteiger partial charge in [-0.2, -0.15) is 0 Å². The van der Waals surface area contributed by atoms with Gasteiger partial charge in [-0.05, 0) is 44.5 Å². The molecular formula is C13H15NO2S. The van der Waals surface area contributed by atoms with E-state index < -0.39 is 10.0 Å². The highest BCUT2D eigenvalue weighted by Gasteiger charge is 2.18. The molecule has 0 saturated carbocycles. The van der Waals surface area contributed by atoms with E-state index >= 15 is 0 Å². The van der Waals surface area contributed by atoms with Crippen molar-refractivity contribution in [3.05, 3.63) is 53.3 Å². The van der Waals surface area contributed by atoms with E-state index in [1.165, 1.54) is 3.97 Å². The summed E-state index contributed by atoms with van der Waals surface area (Å²) in [4.78, 5) is 0.321. The van der Waals surface area contributed by atoms with Gasteiger partial charge in [0.25, 0.3) is 10.0 Å². The van der Waals surface area contributed by atoms with Gasteiger partial charge in [0, 0.05) is 11.9 Å². The van der Waals surface area contributed by atoms with Gasteiger partial charge in [-0.1, -0.05) is 17.7 Å². The minimum Gasteiger partial charge on any atom is -0.246 e. The predicted octanol–water partition coefficient (Wildman–Crippen LogP) is 2.65. The Labute approximate surface area is 102 Å². The Morgan fingerprint density at radius 3 is 2.00 bits per heavy atom. The standard InChI is InChI=1S/C13H15NO2S/c1-10-4-6-13(7-5-10)17(15,16)14-9-11(2)8-12(14)3/h4-9H,1-3H3. The van der Waals surface area contributed by atoms with Crippen molar-refractivity contribution in [3.63, 3.8) is 0 Å². The minimum absolute atomic E-state index is 0.321. The van der Waals surface area contributed by atoms with Gasteiger partial charge in [-0.3, -0.25) is 0 Å². The lowest BCUT2D eigenvalue weighted by Gasteiger charge is -2.08. The van der Waals surface area contributed by atoms with Gasteiger partial charge < -0.3 is 0 Å². The molecule has 0 saturated heterocycles. The highest BCUT2D eigenvalue weighted by Crippen LogP contribution is 2.18. The van der Waals surface area contributed by atoms with Crippen LogP contribution >= 0.6 is 0 Å². The second-order valence-electron chi connectivity index (χ2n) is 4.27. The Hall–Kier alpha value is -1.55. The summed E-state index contributed by atoms with van der Waals surface area (Å²) in [5.74, 6) is 0. The van der Waals surface area contributed by atoms with Crippen LogP contribution in [0.4, 0.5) is 0 Å². The van der Waals surface area contributed by atoms with Gasteiger partial charge in [0.2, 0.25) is 0 Å². The van der Waals surface area contributed by atoms with Gasteiger partial charge in [0.05, 0.1) is 4.90 Å². The molecule has 0 spiro atoms. The SMILES string of the molecule is Cc1ccc(S(=O)(=O)n2cc(C)cc2C)cc1. The molecule has 2 rings (SSSR count). The molecule has 0 radical (unpaired) electrons. The van der Waals surface area contributed by atoms with Gasteiger partial charge >= 0.3 is 0 Å². The van der Waals surface area contributed by atoms with Crippen molar-refractivity contribution in [1.82, 2.24) is 3.97 Å². The topological polar surface area (TPSA) is 39.1 Å². The van der Waals surface area contributed by atoms with Gasteiger partial charge in [-0.15, -0.1) is 0 Å². The molecule has 2 aromatic rings. The third-order valence-electron chi connectivity index (χ3n) is 2.68. The predicted molar refractivity (Wildman–Crippen MR) is 67.7 cm³/mol. The van der Waals surface area contributed by atoms with Crippen molar-refractivity contribution in [2.24, 2.45) is 0 Å². The molecule has 4 heteroatoms. The van der Waals surface area contributed by atoms with E-state index in [0.29, 0.717) is 4.90 Å². The van der Waals surface area contributed by atoms with E-state index in [1.807, 2.05) is 19.9 Å². The number of aryl methyl sites for hydroxylation is 3. The largest absolute Gasteiger partial charge is 0.267 e. The second-order valence-corrected chi connectivity index (χ2v) is 6.09. The molecule has 0 aliphatic heterocycles. The number of nitrogens with zero attached hydrogens (tertiary/aromatic N) is 1. The van der Waals surface area contributed by atoms with Crippen LogP contribution < -0.4 is 0 Å². The molecule has 0 atom stereocenters. The van der Waals surface area contributed by atoms with E-state index in [9.17, 15) is 8.42 Å². The summed E-state index contributed by atoms with van der Waals surface area (Å²) < 4.78 is 26.0. The Morgan fingerprint density at radius 2 is 1.53 bits per heavy atom. The molecule has 0 unspecified atom stereocenters. The molecule has 0 aliphatic rings. The van der Waals surface area contributed by atoms with Crippen molar-refractivity contribution in [2.45, 2.75) is 25.7 Å². The molecule has 0 bridgehead atoms. The summed E-state index contributed by atoms with van der Waals surface area (Å²) in [7, 11) is -3.45. The average molecular weight is 249 g/mol. The summed E-state index contributed by atoms with van der Waals surface area (Å²) in [5.41, 5.74) is 2.71. The summed E-state index contributed by atoms with van der Waals surface area (Å²) in [6, 6.07) is 8.74. The Bertz CT molecular complexity index is 637. The Morgan fingerprint density at radius 1 is 0.941 bits per heavy atom. The van der Waals surface area contributed by atoms with Crippen LogP contribution in [-0.2, 0) is 10.0 Å². The number of hydrogen-bond donors (Lipinski definition) is 0. The quantitative estimate of drug-likeness (QED) is 0.820. The van der Waals surface area contributed by atoms with Crippen molar-refractivity contribution in [1.29, 1.82) is 0 Å². The van der Waals surface area contributed by atoms with Gasteiger partial charge in [0.1, 0.15) is 0 Å². The number of rotatable bonds is 2. The fourth-order valence-electron chi connectivity index (χ4n) is 1.80. The fraction of sp³-hybridized carbons (Fsp3) is 0.231. The van der Waals surface area contributed by atoms with Crippen molar-refractivity contribution in [2.75, 3.05) is 0 Å². The normalized spacial score (nSPS) is 11.7. The van der Waals surface area contributed by atoms with Crippen LogP contribution in [0, 0.1) is 20.8 Å². The van der Waals surface area contributed by atoms with Crippen LogP contribution in [-0.4, -0.2) is 12.4 Å². The summed E-state index contributed by atoms with van der Waals surface area (Å²) in [6.45, 7) is 5.61. The lowest BCUT2D eigenvalue weighted by Crippen LogP contribution is -2.13. The third kappa shape index (κ3) is 2.13. The first kappa shape index (κ1) is 11.9. The molecule has 0 aliphatic carbocycles. The first-order valence-corrected chi connectivity index (χ1v) is 6.83. The van der Waals surface area contributed by atoms with E-state index in [1.54, 1.807) is 37.4 Å². The highest BCUT2D eigenvalue weighted by molar-refractivity contribution is 7.90. The lowest BCUT2D eigenvalue weighted by atomic mass is 10.2. The lowest BCUT2D eigenvalue weighted by molar-refractivity contribution is 0.586. The van der Waals surface area contributed by atoms with Gasteiger partial charge in [-0.25, -0.2) is 12.4 Å². The van der Waals surface area contributed by atoms with Crippen LogP contribution in [0.3, 0.4) is 0 Å². The maximum absolute atomic E-state index is 12.3. The van der Waals surface area contributed by atoms with E-state index in [4.69, 9.17) is 0 Å². The smallest absolute Gasteiger partial charge is 0.246 e. The second kappa shape index (κ2) is 4.04. The van der Waals surface area contributed by atoms with Crippen LogP contribution in [0.1, 0.15) is 16.8 Å². The number of aromatic nitrogens is 1. The summed E-state index contributed by atoms with van der Waals surface area (Å²) >= 11 is 0. The van der Waals surface area contributed by atoms with Crippen molar-refractivity contribution < 1.29 is 8.42 Å². The number of hydrogen-bond acceptors (Lipinski definition) is 2.